The zero-order valence-corrected chi connectivity index (χ0v) is 12.7. The second kappa shape index (κ2) is 5.53. The van der Waals surface area contributed by atoms with Crippen LogP contribution in [0.4, 0.5) is 0 Å². The minimum atomic E-state index is -3.21. The van der Waals surface area contributed by atoms with Crippen molar-refractivity contribution in [3.63, 3.8) is 0 Å². The quantitative estimate of drug-likeness (QED) is 0.875. The fourth-order valence-corrected chi connectivity index (χ4v) is 3.34. The molecule has 0 spiro atoms. The topological polar surface area (TPSA) is 92.5 Å². The first-order chi connectivity index (χ1) is 9.29. The van der Waals surface area contributed by atoms with Crippen LogP contribution >= 0.6 is 0 Å². The molecule has 1 aliphatic rings. The van der Waals surface area contributed by atoms with E-state index in [1.54, 1.807) is 13.8 Å². The number of rotatable bonds is 3. The average molecular weight is 301 g/mol. The molecule has 0 saturated carbocycles. The molecule has 1 amide bonds. The maximum absolute atomic E-state index is 12.2. The summed E-state index contributed by atoms with van der Waals surface area (Å²) in [5.74, 6) is 0.206. The van der Waals surface area contributed by atoms with Gasteiger partial charge in [0.1, 0.15) is 11.3 Å². The Morgan fingerprint density at radius 1 is 1.45 bits per heavy atom. The second-order valence-electron chi connectivity index (χ2n) is 5.13. The van der Waals surface area contributed by atoms with Crippen LogP contribution in [-0.2, 0) is 10.0 Å². The van der Waals surface area contributed by atoms with E-state index in [-0.39, 0.29) is 11.9 Å². The highest BCUT2D eigenvalue weighted by Crippen LogP contribution is 2.16. The van der Waals surface area contributed by atoms with E-state index in [9.17, 15) is 13.2 Å². The second-order valence-corrected chi connectivity index (χ2v) is 7.12. The number of carbonyl (C=O) groups excluding carboxylic acids is 1. The highest BCUT2D eigenvalue weighted by atomic mass is 32.2. The molecule has 0 aromatic carbocycles. The van der Waals surface area contributed by atoms with Crippen LogP contribution < -0.4 is 5.32 Å². The lowest BCUT2D eigenvalue weighted by atomic mass is 10.1. The third kappa shape index (κ3) is 3.18. The fourth-order valence-electron chi connectivity index (χ4n) is 2.43. The van der Waals surface area contributed by atoms with Crippen LogP contribution in [0, 0.1) is 13.8 Å². The van der Waals surface area contributed by atoms with E-state index in [4.69, 9.17) is 4.52 Å². The van der Waals surface area contributed by atoms with Gasteiger partial charge in [0, 0.05) is 19.1 Å². The van der Waals surface area contributed by atoms with Crippen molar-refractivity contribution in [1.29, 1.82) is 0 Å². The van der Waals surface area contributed by atoms with E-state index >= 15 is 0 Å². The Bertz CT molecular complexity index is 589. The molecule has 1 aliphatic heterocycles. The zero-order chi connectivity index (χ0) is 14.9. The number of carbonyl (C=O) groups is 1. The van der Waals surface area contributed by atoms with Crippen LogP contribution in [0.1, 0.15) is 34.7 Å². The van der Waals surface area contributed by atoms with Crippen LogP contribution in [0.2, 0.25) is 0 Å². The number of aromatic nitrogens is 1. The smallest absolute Gasteiger partial charge is 0.257 e. The van der Waals surface area contributed by atoms with Crippen LogP contribution in [0.5, 0.6) is 0 Å². The van der Waals surface area contributed by atoms with Gasteiger partial charge in [-0.25, -0.2) is 12.7 Å². The number of amides is 1. The first kappa shape index (κ1) is 15.0. The number of sulfonamides is 1. The molecule has 0 bridgehead atoms. The van der Waals surface area contributed by atoms with Gasteiger partial charge in [-0.2, -0.15) is 0 Å². The first-order valence-corrected chi connectivity index (χ1v) is 8.32. The maximum atomic E-state index is 12.2. The largest absolute Gasteiger partial charge is 0.361 e. The molecule has 0 unspecified atom stereocenters. The van der Waals surface area contributed by atoms with Crippen LogP contribution in [0.3, 0.4) is 0 Å². The Morgan fingerprint density at radius 2 is 2.15 bits per heavy atom. The van der Waals surface area contributed by atoms with Crippen molar-refractivity contribution in [2.24, 2.45) is 0 Å². The van der Waals surface area contributed by atoms with Gasteiger partial charge in [0.15, 0.2) is 0 Å². The van der Waals surface area contributed by atoms with Crippen molar-refractivity contribution in [3.05, 3.63) is 17.0 Å². The van der Waals surface area contributed by atoms with E-state index in [0.29, 0.717) is 30.1 Å². The molecule has 1 N–H and O–H groups in total. The Hall–Kier alpha value is -1.41. The SMILES string of the molecule is Cc1noc(C)c1C(=O)N[C@@H]1CCCN(S(C)(=O)=O)C1. The summed E-state index contributed by atoms with van der Waals surface area (Å²) < 4.78 is 29.4. The van der Waals surface area contributed by atoms with Crippen LogP contribution in [0.25, 0.3) is 0 Å². The third-order valence-electron chi connectivity index (χ3n) is 3.45. The predicted octanol–water partition coefficient (Wildman–Crippen LogP) is 0.445. The predicted molar refractivity (Wildman–Crippen MR) is 72.9 cm³/mol. The molecule has 0 radical (unpaired) electrons. The van der Waals surface area contributed by atoms with Gasteiger partial charge in [-0.3, -0.25) is 4.79 Å². The van der Waals surface area contributed by atoms with Crippen LogP contribution in [0.15, 0.2) is 4.52 Å². The van der Waals surface area contributed by atoms with Gasteiger partial charge in [-0.05, 0) is 26.7 Å². The summed E-state index contributed by atoms with van der Waals surface area (Å²) in [4.78, 5) is 12.2. The molecule has 1 atom stereocenters. The van der Waals surface area contributed by atoms with Gasteiger partial charge in [0.2, 0.25) is 10.0 Å². The molecule has 0 aliphatic carbocycles. The van der Waals surface area contributed by atoms with Crippen molar-refractivity contribution in [3.8, 4) is 0 Å². The molecular formula is C12H19N3O4S. The molecule has 1 aromatic rings. The van der Waals surface area contributed by atoms with E-state index < -0.39 is 10.0 Å². The number of nitrogens with zero attached hydrogens (tertiary/aromatic N) is 2. The lowest BCUT2D eigenvalue weighted by Gasteiger charge is -2.31. The molecule has 1 fully saturated rings. The fraction of sp³-hybridized carbons (Fsp3) is 0.667. The minimum Gasteiger partial charge on any atom is -0.361 e. The number of piperidine rings is 1. The standard InChI is InChI=1S/C12H19N3O4S/c1-8-11(9(2)19-14-8)12(16)13-10-5-4-6-15(7-10)20(3,17)18/h10H,4-7H2,1-3H3,(H,13,16)/t10-/m1/s1. The molecule has 112 valence electrons. The van der Waals surface area contributed by atoms with Gasteiger partial charge < -0.3 is 9.84 Å². The van der Waals surface area contributed by atoms with E-state index in [2.05, 4.69) is 10.5 Å². The van der Waals surface area contributed by atoms with Gasteiger partial charge in [0.25, 0.3) is 5.91 Å². The minimum absolute atomic E-state index is 0.181. The van der Waals surface area contributed by atoms with Gasteiger partial charge in [-0.1, -0.05) is 5.16 Å². The van der Waals surface area contributed by atoms with Crippen molar-refractivity contribution in [2.75, 3.05) is 19.3 Å². The molecule has 7 nitrogen and oxygen atoms in total. The average Bonchev–Trinajstić information content (AvgIpc) is 2.68. The normalized spacial score (nSPS) is 20.9. The Kier molecular flexibility index (Phi) is 4.14. The third-order valence-corrected chi connectivity index (χ3v) is 4.72. The molecule has 1 aromatic heterocycles. The lowest BCUT2D eigenvalue weighted by molar-refractivity contribution is 0.0919. The Morgan fingerprint density at radius 3 is 2.70 bits per heavy atom. The molecule has 1 saturated heterocycles. The summed E-state index contributed by atoms with van der Waals surface area (Å²) in [6, 6.07) is -0.181. The van der Waals surface area contributed by atoms with E-state index in [1.165, 1.54) is 10.6 Å². The molecule has 2 rings (SSSR count). The first-order valence-electron chi connectivity index (χ1n) is 6.48. The Balaban J connectivity index is 2.05. The van der Waals surface area contributed by atoms with Gasteiger partial charge in [0.05, 0.1) is 11.9 Å². The molecule has 8 heteroatoms. The lowest BCUT2D eigenvalue weighted by Crippen LogP contribution is -2.49. The summed E-state index contributed by atoms with van der Waals surface area (Å²) in [6.45, 7) is 4.21. The monoisotopic (exact) mass is 301 g/mol. The van der Waals surface area contributed by atoms with Gasteiger partial charge >= 0.3 is 0 Å². The van der Waals surface area contributed by atoms with Crippen molar-refractivity contribution < 1.29 is 17.7 Å². The number of nitrogens with one attached hydrogen (secondary N) is 1. The van der Waals surface area contributed by atoms with E-state index in [1.807, 2.05) is 0 Å². The maximum Gasteiger partial charge on any atom is 0.257 e. The van der Waals surface area contributed by atoms with Gasteiger partial charge in [-0.15, -0.1) is 0 Å². The summed E-state index contributed by atoms with van der Waals surface area (Å²) >= 11 is 0. The molecular weight excluding hydrogens is 282 g/mol. The summed E-state index contributed by atoms with van der Waals surface area (Å²) in [7, 11) is -3.21. The van der Waals surface area contributed by atoms with Crippen molar-refractivity contribution >= 4 is 15.9 Å². The van der Waals surface area contributed by atoms with Crippen molar-refractivity contribution in [1.82, 2.24) is 14.8 Å². The Labute approximate surface area is 118 Å². The van der Waals surface area contributed by atoms with Crippen molar-refractivity contribution in [2.45, 2.75) is 32.7 Å². The van der Waals surface area contributed by atoms with E-state index in [0.717, 1.165) is 12.8 Å². The zero-order valence-electron chi connectivity index (χ0n) is 11.8. The molecule has 20 heavy (non-hydrogen) atoms. The highest BCUT2D eigenvalue weighted by molar-refractivity contribution is 7.88. The number of aryl methyl sites for hydroxylation is 2. The summed E-state index contributed by atoms with van der Waals surface area (Å²) in [5.41, 5.74) is 0.970. The summed E-state index contributed by atoms with van der Waals surface area (Å²) in [5, 5.41) is 6.60. The molecule has 2 heterocycles. The summed E-state index contributed by atoms with van der Waals surface area (Å²) in [6.07, 6.45) is 2.69. The highest BCUT2D eigenvalue weighted by Gasteiger charge is 2.28. The number of hydrogen-bond acceptors (Lipinski definition) is 5. The van der Waals surface area contributed by atoms with Crippen LogP contribution in [-0.4, -0.2) is 49.2 Å². The number of hydrogen-bond donors (Lipinski definition) is 1.